The van der Waals surface area contributed by atoms with E-state index in [1.807, 2.05) is 0 Å². The van der Waals surface area contributed by atoms with Crippen LogP contribution in [-0.4, -0.2) is 15.9 Å². The fourth-order valence-electron chi connectivity index (χ4n) is 0.310. The zero-order valence-electron chi connectivity index (χ0n) is 4.77. The Morgan fingerprint density at radius 1 is 1.50 bits per heavy atom. The third-order valence-electron chi connectivity index (χ3n) is 0.659. The van der Waals surface area contributed by atoms with Gasteiger partial charge in [0.15, 0.2) is 0 Å². The first-order chi connectivity index (χ1) is 4.46. The minimum atomic E-state index is -1.37. The number of carbonyl (C=O) groups is 1. The Bertz CT molecular complexity index is 188. The fourth-order valence-corrected chi connectivity index (χ4v) is 0.310. The summed E-state index contributed by atoms with van der Waals surface area (Å²) in [7, 11) is 0. The maximum Gasteiger partial charge on any atom is 0.391 e. The van der Waals surface area contributed by atoms with Crippen molar-refractivity contribution in [3.05, 3.63) is 21.7 Å². The van der Waals surface area contributed by atoms with Gasteiger partial charge in [-0.2, -0.15) is 0 Å². The van der Waals surface area contributed by atoms with Crippen LogP contribution in [0.2, 0.25) is 0 Å². The van der Waals surface area contributed by atoms with Crippen molar-refractivity contribution in [1.29, 1.82) is 0 Å². The van der Waals surface area contributed by atoms with Gasteiger partial charge in [-0.05, 0) is 0 Å². The molecular weight excluding hydrogens is 142 g/mol. The van der Waals surface area contributed by atoms with Gasteiger partial charge in [-0.15, -0.1) is 0 Å². The molecule has 0 fully saturated rings. The highest BCUT2D eigenvalue weighted by Crippen LogP contribution is 1.94. The molecule has 0 aliphatic rings. The summed E-state index contributed by atoms with van der Waals surface area (Å²) in [5.41, 5.74) is 7.80. The molecule has 0 aliphatic heterocycles. The van der Waals surface area contributed by atoms with Crippen molar-refractivity contribution in [2.45, 2.75) is 0 Å². The number of hydrogen-bond donors (Lipinski definition) is 3. The second-order valence-electron chi connectivity index (χ2n) is 1.36. The molecule has 0 aliphatic carbocycles. The maximum absolute atomic E-state index is 10.1. The predicted octanol–water partition coefficient (Wildman–Crippen LogP) is -1.57. The first-order valence-electron chi connectivity index (χ1n) is 2.09. The third kappa shape index (κ3) is 1.62. The standard InChI is InChI=1S/C3H5N3O4/c4-2(7)1(3(5)8)6(9)10/h7H,4H2,(H2,5,8)/b2-1-. The molecule has 5 N–H and O–H groups in total. The van der Waals surface area contributed by atoms with E-state index in [1.165, 1.54) is 0 Å². The topological polar surface area (TPSA) is 132 Å². The van der Waals surface area contributed by atoms with Gasteiger partial charge in [-0.1, -0.05) is 0 Å². The van der Waals surface area contributed by atoms with Crippen molar-refractivity contribution in [3.8, 4) is 0 Å². The number of nitrogens with two attached hydrogens (primary N) is 2. The number of nitro groups is 1. The van der Waals surface area contributed by atoms with Gasteiger partial charge < -0.3 is 16.6 Å². The molecule has 0 radical (unpaired) electrons. The monoisotopic (exact) mass is 147 g/mol. The van der Waals surface area contributed by atoms with Crippen LogP contribution in [-0.2, 0) is 4.79 Å². The number of primary amides is 1. The number of hydrogen-bond acceptors (Lipinski definition) is 5. The molecule has 0 aromatic carbocycles. The second kappa shape index (κ2) is 2.67. The Morgan fingerprint density at radius 2 is 1.90 bits per heavy atom. The fraction of sp³-hybridized carbons (Fsp3) is 0. The quantitative estimate of drug-likeness (QED) is 0.188. The molecule has 7 nitrogen and oxygen atoms in total. The molecule has 7 heteroatoms. The summed E-state index contributed by atoms with van der Waals surface area (Å²) in [6.45, 7) is 0. The molecule has 10 heavy (non-hydrogen) atoms. The molecule has 0 saturated heterocycles. The van der Waals surface area contributed by atoms with E-state index in [0.29, 0.717) is 0 Å². The molecule has 0 rings (SSSR count). The Hall–Kier alpha value is -1.79. The van der Waals surface area contributed by atoms with E-state index < -0.39 is 22.4 Å². The van der Waals surface area contributed by atoms with E-state index in [-0.39, 0.29) is 0 Å². The van der Waals surface area contributed by atoms with E-state index in [2.05, 4.69) is 11.5 Å². The van der Waals surface area contributed by atoms with Crippen LogP contribution in [0.1, 0.15) is 0 Å². The highest BCUT2D eigenvalue weighted by molar-refractivity contribution is 5.89. The summed E-state index contributed by atoms with van der Waals surface area (Å²) in [6, 6.07) is 0. The van der Waals surface area contributed by atoms with E-state index >= 15 is 0 Å². The average molecular weight is 147 g/mol. The molecule has 0 aromatic rings. The van der Waals surface area contributed by atoms with Gasteiger partial charge in [0.25, 0.3) is 5.88 Å². The Kier molecular flexibility index (Phi) is 2.19. The van der Waals surface area contributed by atoms with E-state index in [1.54, 1.807) is 0 Å². The summed E-state index contributed by atoms with van der Waals surface area (Å²) in [4.78, 5) is 18.7. The molecule has 56 valence electrons. The molecule has 0 spiro atoms. The highest BCUT2D eigenvalue weighted by Gasteiger charge is 2.23. The van der Waals surface area contributed by atoms with Gasteiger partial charge in [-0.25, -0.2) is 0 Å². The van der Waals surface area contributed by atoms with Gasteiger partial charge in [-0.3, -0.25) is 14.9 Å². The Morgan fingerprint density at radius 3 is 1.90 bits per heavy atom. The second-order valence-corrected chi connectivity index (χ2v) is 1.36. The van der Waals surface area contributed by atoms with Crippen LogP contribution >= 0.6 is 0 Å². The third-order valence-corrected chi connectivity index (χ3v) is 0.659. The molecule has 1 amide bonds. The number of aliphatic hydroxyl groups excluding tert-OH is 1. The Labute approximate surface area is 55.1 Å². The lowest BCUT2D eigenvalue weighted by molar-refractivity contribution is -0.421. The summed E-state index contributed by atoms with van der Waals surface area (Å²) >= 11 is 0. The van der Waals surface area contributed by atoms with Crippen molar-refractivity contribution in [2.24, 2.45) is 11.5 Å². The number of carbonyl (C=O) groups excluding carboxylic acids is 1. The average Bonchev–Trinajstić information content (AvgIpc) is 1.59. The van der Waals surface area contributed by atoms with Crippen LogP contribution in [0.5, 0.6) is 0 Å². The molecule has 0 saturated carbocycles. The molecule has 0 heterocycles. The lowest BCUT2D eigenvalue weighted by Crippen LogP contribution is -2.24. The highest BCUT2D eigenvalue weighted by atomic mass is 16.6. The van der Waals surface area contributed by atoms with E-state index in [4.69, 9.17) is 5.11 Å². The van der Waals surface area contributed by atoms with Crippen LogP contribution in [0.25, 0.3) is 0 Å². The summed E-state index contributed by atoms with van der Waals surface area (Å²) in [6.07, 6.45) is 0. The van der Waals surface area contributed by atoms with Crippen LogP contribution in [0.15, 0.2) is 11.6 Å². The number of aliphatic hydroxyl groups is 1. The predicted molar refractivity (Wildman–Crippen MR) is 30.0 cm³/mol. The molecule has 0 aromatic heterocycles. The van der Waals surface area contributed by atoms with E-state index in [9.17, 15) is 14.9 Å². The minimum Gasteiger partial charge on any atom is -0.490 e. The minimum absolute atomic E-state index is 1.16. The van der Waals surface area contributed by atoms with Gasteiger partial charge in [0.05, 0.1) is 4.92 Å². The molecule has 0 atom stereocenters. The summed E-state index contributed by atoms with van der Waals surface area (Å²) in [5, 5.41) is 18.1. The number of amides is 1. The largest absolute Gasteiger partial charge is 0.490 e. The van der Waals surface area contributed by atoms with Gasteiger partial charge in [0, 0.05) is 0 Å². The van der Waals surface area contributed by atoms with Gasteiger partial charge in [0.1, 0.15) is 0 Å². The lowest BCUT2D eigenvalue weighted by atomic mass is 10.4. The van der Waals surface area contributed by atoms with Crippen molar-refractivity contribution in [1.82, 2.24) is 0 Å². The van der Waals surface area contributed by atoms with Gasteiger partial charge >= 0.3 is 11.6 Å². The molecule has 0 bridgehead atoms. The van der Waals surface area contributed by atoms with Gasteiger partial charge in [0.2, 0.25) is 0 Å². The summed E-state index contributed by atoms with van der Waals surface area (Å²) in [5.74, 6) is -2.55. The zero-order chi connectivity index (χ0) is 8.31. The van der Waals surface area contributed by atoms with Crippen molar-refractivity contribution in [2.75, 3.05) is 0 Å². The SMILES string of the molecule is NC(=O)/C(=C(\N)O)[N+](=O)[O-]. The zero-order valence-corrected chi connectivity index (χ0v) is 4.77. The first kappa shape index (κ1) is 8.21. The van der Waals surface area contributed by atoms with Crippen molar-refractivity contribution >= 4 is 5.91 Å². The van der Waals surface area contributed by atoms with Crippen LogP contribution in [0.3, 0.4) is 0 Å². The van der Waals surface area contributed by atoms with E-state index in [0.717, 1.165) is 0 Å². The maximum atomic E-state index is 10.1. The normalized spacial score (nSPS) is 12.0. The van der Waals surface area contributed by atoms with Crippen molar-refractivity contribution in [3.63, 3.8) is 0 Å². The van der Waals surface area contributed by atoms with Crippen LogP contribution in [0.4, 0.5) is 0 Å². The lowest BCUT2D eigenvalue weighted by Gasteiger charge is -1.91. The Balaban J connectivity index is 4.79. The first-order valence-corrected chi connectivity index (χ1v) is 2.09. The number of rotatable bonds is 2. The van der Waals surface area contributed by atoms with Crippen LogP contribution in [0, 0.1) is 10.1 Å². The molecular formula is C3H5N3O4. The van der Waals surface area contributed by atoms with Crippen molar-refractivity contribution < 1.29 is 14.8 Å². The smallest absolute Gasteiger partial charge is 0.391 e. The molecule has 0 unspecified atom stereocenters. The number of nitrogens with zero attached hydrogens (tertiary/aromatic N) is 1. The summed E-state index contributed by atoms with van der Waals surface area (Å²) < 4.78 is 0. The van der Waals surface area contributed by atoms with Crippen LogP contribution < -0.4 is 11.5 Å².